The molecule has 3 N–H and O–H groups in total. The van der Waals surface area contributed by atoms with Gasteiger partial charge in [0, 0.05) is 22.6 Å². The van der Waals surface area contributed by atoms with Crippen LogP contribution in [-0.2, 0) is 0 Å². The predicted molar refractivity (Wildman–Crippen MR) is 68.1 cm³/mol. The van der Waals surface area contributed by atoms with Gasteiger partial charge in [-0.05, 0) is 30.3 Å². The first-order valence-corrected chi connectivity index (χ1v) is 5.31. The number of rotatable bonds is 2. The van der Waals surface area contributed by atoms with Crippen LogP contribution in [-0.4, -0.2) is 10.9 Å². The minimum atomic E-state index is -0.320. The fourth-order valence-electron chi connectivity index (χ4n) is 1.33. The largest absolute Gasteiger partial charge is 0.399 e. The molecule has 2 rings (SSSR count). The molecule has 0 aliphatic carbocycles. The summed E-state index contributed by atoms with van der Waals surface area (Å²) in [4.78, 5) is 15.7. The van der Waals surface area contributed by atoms with Crippen molar-refractivity contribution in [3.05, 3.63) is 53.3 Å². The van der Waals surface area contributed by atoms with Crippen LogP contribution in [0, 0.1) is 0 Å². The molecule has 0 fully saturated rings. The van der Waals surface area contributed by atoms with E-state index in [-0.39, 0.29) is 11.6 Å². The molecule has 4 nitrogen and oxygen atoms in total. The molecule has 0 saturated heterocycles. The monoisotopic (exact) mass is 247 g/mol. The standard InChI is InChI=1S/C12H10ClN3O/c13-8-2-1-3-10(6-8)16-12(17)11-7-9(14)4-5-15-11/h1-7H,(H2,14,15)(H,16,17). The highest BCUT2D eigenvalue weighted by atomic mass is 35.5. The Morgan fingerprint density at radius 3 is 2.82 bits per heavy atom. The van der Waals surface area contributed by atoms with E-state index >= 15 is 0 Å². The molecule has 2 aromatic rings. The van der Waals surface area contributed by atoms with E-state index in [0.29, 0.717) is 16.4 Å². The third kappa shape index (κ3) is 2.95. The molecule has 1 aromatic heterocycles. The molecule has 86 valence electrons. The number of hydrogen-bond donors (Lipinski definition) is 2. The van der Waals surface area contributed by atoms with Gasteiger partial charge in [-0.15, -0.1) is 0 Å². The molecule has 0 aliphatic rings. The van der Waals surface area contributed by atoms with Crippen LogP contribution in [0.5, 0.6) is 0 Å². The van der Waals surface area contributed by atoms with E-state index in [1.165, 1.54) is 12.3 Å². The highest BCUT2D eigenvalue weighted by molar-refractivity contribution is 6.30. The Morgan fingerprint density at radius 2 is 2.12 bits per heavy atom. The first-order chi connectivity index (χ1) is 8.15. The number of hydrogen-bond acceptors (Lipinski definition) is 3. The molecule has 1 heterocycles. The summed E-state index contributed by atoms with van der Waals surface area (Å²) in [5.41, 5.74) is 6.96. The van der Waals surface area contributed by atoms with Gasteiger partial charge in [-0.2, -0.15) is 0 Å². The lowest BCUT2D eigenvalue weighted by Crippen LogP contribution is -2.13. The van der Waals surface area contributed by atoms with Crippen LogP contribution in [0.4, 0.5) is 11.4 Å². The zero-order chi connectivity index (χ0) is 12.3. The molecule has 0 saturated carbocycles. The highest BCUT2D eigenvalue weighted by Crippen LogP contribution is 2.15. The Hall–Kier alpha value is -2.07. The number of nitrogen functional groups attached to an aromatic ring is 1. The van der Waals surface area contributed by atoms with Crippen molar-refractivity contribution in [3.8, 4) is 0 Å². The number of nitrogens with one attached hydrogen (secondary N) is 1. The molecule has 5 heteroatoms. The van der Waals surface area contributed by atoms with Crippen molar-refractivity contribution in [2.45, 2.75) is 0 Å². The first kappa shape index (κ1) is 11.4. The number of amides is 1. The quantitative estimate of drug-likeness (QED) is 0.857. The lowest BCUT2D eigenvalue weighted by molar-refractivity contribution is 0.102. The normalized spacial score (nSPS) is 9.94. The molecule has 0 bridgehead atoms. The van der Waals surface area contributed by atoms with Gasteiger partial charge in [0.2, 0.25) is 0 Å². The van der Waals surface area contributed by atoms with E-state index in [2.05, 4.69) is 10.3 Å². The number of halogens is 1. The molecule has 1 amide bonds. The molecule has 17 heavy (non-hydrogen) atoms. The lowest BCUT2D eigenvalue weighted by atomic mass is 10.3. The van der Waals surface area contributed by atoms with Crippen molar-refractivity contribution < 1.29 is 4.79 Å². The summed E-state index contributed by atoms with van der Waals surface area (Å²) in [6.45, 7) is 0. The van der Waals surface area contributed by atoms with Crippen LogP contribution in [0.3, 0.4) is 0 Å². The number of anilines is 2. The minimum absolute atomic E-state index is 0.268. The van der Waals surface area contributed by atoms with Gasteiger partial charge in [0.05, 0.1) is 0 Å². The van der Waals surface area contributed by atoms with Gasteiger partial charge in [-0.25, -0.2) is 0 Å². The molecule has 0 unspecified atom stereocenters. The van der Waals surface area contributed by atoms with Crippen molar-refractivity contribution in [1.29, 1.82) is 0 Å². The smallest absolute Gasteiger partial charge is 0.274 e. The van der Waals surface area contributed by atoms with Crippen molar-refractivity contribution in [2.75, 3.05) is 11.1 Å². The summed E-state index contributed by atoms with van der Waals surface area (Å²) >= 11 is 5.81. The second-order valence-electron chi connectivity index (χ2n) is 3.44. The van der Waals surface area contributed by atoms with E-state index in [4.69, 9.17) is 17.3 Å². The third-order valence-corrected chi connectivity index (χ3v) is 2.33. The minimum Gasteiger partial charge on any atom is -0.399 e. The Kier molecular flexibility index (Phi) is 3.25. The maximum absolute atomic E-state index is 11.8. The molecule has 1 aromatic carbocycles. The maximum Gasteiger partial charge on any atom is 0.274 e. The average molecular weight is 248 g/mol. The summed E-state index contributed by atoms with van der Waals surface area (Å²) in [5.74, 6) is -0.320. The summed E-state index contributed by atoms with van der Waals surface area (Å²) in [7, 11) is 0. The zero-order valence-corrected chi connectivity index (χ0v) is 9.61. The van der Waals surface area contributed by atoms with Crippen molar-refractivity contribution in [1.82, 2.24) is 4.98 Å². The van der Waals surface area contributed by atoms with Crippen LogP contribution < -0.4 is 11.1 Å². The fourth-order valence-corrected chi connectivity index (χ4v) is 1.52. The van der Waals surface area contributed by atoms with Gasteiger partial charge < -0.3 is 11.1 Å². The van der Waals surface area contributed by atoms with Gasteiger partial charge >= 0.3 is 0 Å². The van der Waals surface area contributed by atoms with E-state index in [9.17, 15) is 4.79 Å². The second-order valence-corrected chi connectivity index (χ2v) is 3.88. The molecule has 0 radical (unpaired) electrons. The van der Waals surface area contributed by atoms with E-state index in [0.717, 1.165) is 0 Å². The molecule has 0 spiro atoms. The van der Waals surface area contributed by atoms with E-state index < -0.39 is 0 Å². The number of carbonyl (C=O) groups excluding carboxylic acids is 1. The maximum atomic E-state index is 11.8. The second kappa shape index (κ2) is 4.84. The summed E-state index contributed by atoms with van der Waals surface area (Å²) in [6.07, 6.45) is 1.49. The SMILES string of the molecule is Nc1ccnc(C(=O)Nc2cccc(Cl)c2)c1. The summed E-state index contributed by atoms with van der Waals surface area (Å²) in [6, 6.07) is 10.0. The van der Waals surface area contributed by atoms with E-state index in [1.807, 2.05) is 0 Å². The van der Waals surface area contributed by atoms with Gasteiger partial charge in [0.25, 0.3) is 5.91 Å². The van der Waals surface area contributed by atoms with Gasteiger partial charge in [0.15, 0.2) is 0 Å². The van der Waals surface area contributed by atoms with Crippen LogP contribution in [0.2, 0.25) is 5.02 Å². The number of nitrogens with two attached hydrogens (primary N) is 1. The van der Waals surface area contributed by atoms with Gasteiger partial charge in [-0.3, -0.25) is 9.78 Å². The van der Waals surface area contributed by atoms with E-state index in [1.54, 1.807) is 30.3 Å². The number of carbonyl (C=O) groups is 1. The van der Waals surface area contributed by atoms with Crippen LogP contribution in [0.1, 0.15) is 10.5 Å². The molecule has 0 atom stereocenters. The Labute approximate surface area is 103 Å². The first-order valence-electron chi connectivity index (χ1n) is 4.93. The van der Waals surface area contributed by atoms with Crippen molar-refractivity contribution >= 4 is 28.9 Å². The average Bonchev–Trinajstić information content (AvgIpc) is 2.29. The van der Waals surface area contributed by atoms with Crippen molar-refractivity contribution in [2.24, 2.45) is 0 Å². The molecule has 0 aliphatic heterocycles. The molecular formula is C12H10ClN3O. The summed E-state index contributed by atoms with van der Waals surface area (Å²) in [5, 5.41) is 3.24. The molecular weight excluding hydrogens is 238 g/mol. The van der Waals surface area contributed by atoms with Gasteiger partial charge in [0.1, 0.15) is 5.69 Å². The third-order valence-electron chi connectivity index (χ3n) is 2.10. The predicted octanol–water partition coefficient (Wildman–Crippen LogP) is 2.57. The number of pyridine rings is 1. The zero-order valence-electron chi connectivity index (χ0n) is 8.85. The number of aromatic nitrogens is 1. The summed E-state index contributed by atoms with van der Waals surface area (Å²) < 4.78 is 0. The fraction of sp³-hybridized carbons (Fsp3) is 0. The topological polar surface area (TPSA) is 68.0 Å². The number of benzene rings is 1. The lowest BCUT2D eigenvalue weighted by Gasteiger charge is -2.05. The van der Waals surface area contributed by atoms with Crippen LogP contribution in [0.15, 0.2) is 42.6 Å². The highest BCUT2D eigenvalue weighted by Gasteiger charge is 2.07. The van der Waals surface area contributed by atoms with Crippen LogP contribution in [0.25, 0.3) is 0 Å². The van der Waals surface area contributed by atoms with Gasteiger partial charge in [-0.1, -0.05) is 17.7 Å². The Balaban J connectivity index is 2.17. The number of nitrogens with zero attached hydrogens (tertiary/aromatic N) is 1. The Bertz CT molecular complexity index is 557. The Morgan fingerprint density at radius 1 is 1.29 bits per heavy atom. The van der Waals surface area contributed by atoms with Crippen LogP contribution >= 0.6 is 11.6 Å². The van der Waals surface area contributed by atoms with Crippen molar-refractivity contribution in [3.63, 3.8) is 0 Å².